The SMILES string of the molecule is Cc1ccc(C2C(c3ccccc3)=C(c3ccccc3)C(c3ccccc3)=C(c3ccc(C4=C(c5ccccc5)C(c5ccccc5)=C(c5ccccc5)C(C)C4c4ccccc4)cc3)C2c2ccccc2)cc1. The van der Waals surface area contributed by atoms with Crippen molar-refractivity contribution < 1.29 is 0 Å². The highest BCUT2D eigenvalue weighted by atomic mass is 14.4. The highest BCUT2D eigenvalue weighted by Gasteiger charge is 2.42. The molecular weight excluding hydrogens is 889 g/mol. The van der Waals surface area contributed by atoms with Gasteiger partial charge in [0.25, 0.3) is 0 Å². The second-order valence-corrected chi connectivity index (χ2v) is 19.9. The minimum Gasteiger partial charge on any atom is -0.0622 e. The Morgan fingerprint density at radius 2 is 0.432 bits per heavy atom. The standard InChI is InChI=1S/C74H58/c1-51-43-45-61(46-44-51)73-70(58-37-21-8-22-38-58)69(57-35-19-7-20-36-57)71(59-39-23-9-24-40-59)74(72(73)60-41-25-10-26-42-60)63-49-47-62(48-50-63)67-65(54-29-13-4-14-30-54)52(2)64(53-27-11-3-12-28-53)66(55-31-15-5-16-32-55)68(67)56-33-17-6-18-34-56/h3-50,52,65,72-73H,1-2H3. The van der Waals surface area contributed by atoms with Crippen molar-refractivity contribution in [3.63, 3.8) is 0 Å². The number of rotatable bonds is 11. The topological polar surface area (TPSA) is 0 Å². The van der Waals surface area contributed by atoms with Gasteiger partial charge in [-0.25, -0.2) is 0 Å². The van der Waals surface area contributed by atoms with Crippen LogP contribution in [0.2, 0.25) is 0 Å². The zero-order chi connectivity index (χ0) is 49.8. The molecule has 0 radical (unpaired) electrons. The molecule has 0 fully saturated rings. The zero-order valence-corrected chi connectivity index (χ0v) is 42.0. The molecule has 354 valence electrons. The van der Waals surface area contributed by atoms with Gasteiger partial charge < -0.3 is 0 Å². The van der Waals surface area contributed by atoms with Crippen molar-refractivity contribution in [3.8, 4) is 0 Å². The predicted molar refractivity (Wildman–Crippen MR) is 314 cm³/mol. The molecule has 74 heavy (non-hydrogen) atoms. The van der Waals surface area contributed by atoms with Gasteiger partial charge in [0.05, 0.1) is 0 Å². The Hall–Kier alpha value is -8.84. The van der Waals surface area contributed by atoms with E-state index in [1.807, 2.05) is 0 Å². The molecule has 0 amide bonds. The van der Waals surface area contributed by atoms with Crippen molar-refractivity contribution in [1.29, 1.82) is 0 Å². The van der Waals surface area contributed by atoms with Crippen molar-refractivity contribution in [2.45, 2.75) is 31.6 Å². The van der Waals surface area contributed by atoms with E-state index in [9.17, 15) is 0 Å². The highest BCUT2D eigenvalue weighted by molar-refractivity contribution is 6.26. The second kappa shape index (κ2) is 20.7. The van der Waals surface area contributed by atoms with E-state index >= 15 is 0 Å². The van der Waals surface area contributed by atoms with E-state index < -0.39 is 0 Å². The second-order valence-electron chi connectivity index (χ2n) is 19.9. The lowest BCUT2D eigenvalue weighted by Crippen LogP contribution is -2.22. The molecule has 2 aliphatic rings. The number of benzene rings is 10. The zero-order valence-electron chi connectivity index (χ0n) is 42.0. The van der Waals surface area contributed by atoms with Gasteiger partial charge in [0, 0.05) is 17.8 Å². The Labute approximate surface area is 437 Å². The largest absolute Gasteiger partial charge is 0.0622 e. The van der Waals surface area contributed by atoms with Crippen molar-refractivity contribution in [2.75, 3.05) is 0 Å². The van der Waals surface area contributed by atoms with Crippen LogP contribution in [0.1, 0.15) is 91.4 Å². The summed E-state index contributed by atoms with van der Waals surface area (Å²) in [5.74, 6) is 0.115. The van der Waals surface area contributed by atoms with Crippen LogP contribution < -0.4 is 0 Å². The minimum absolute atomic E-state index is 0.0261. The number of aryl methyl sites for hydroxylation is 1. The summed E-state index contributed by atoms with van der Waals surface area (Å²) in [5.41, 5.74) is 25.4. The molecule has 0 heterocycles. The highest BCUT2D eigenvalue weighted by Crippen LogP contribution is 2.62. The van der Waals surface area contributed by atoms with Crippen molar-refractivity contribution >= 4 is 44.6 Å². The maximum atomic E-state index is 2.45. The van der Waals surface area contributed by atoms with E-state index in [-0.39, 0.29) is 23.7 Å². The lowest BCUT2D eigenvalue weighted by Gasteiger charge is -2.41. The maximum absolute atomic E-state index is 2.45. The summed E-state index contributed by atoms with van der Waals surface area (Å²) >= 11 is 0. The van der Waals surface area contributed by atoms with Gasteiger partial charge >= 0.3 is 0 Å². The third-order valence-electron chi connectivity index (χ3n) is 15.5. The summed E-state index contributed by atoms with van der Waals surface area (Å²) in [6, 6.07) is 109. The van der Waals surface area contributed by atoms with E-state index in [1.165, 1.54) is 111 Å². The van der Waals surface area contributed by atoms with Gasteiger partial charge in [-0.2, -0.15) is 0 Å². The van der Waals surface area contributed by atoms with Crippen LogP contribution >= 0.6 is 0 Å². The van der Waals surface area contributed by atoms with Gasteiger partial charge in [-0.1, -0.05) is 304 Å². The molecule has 2 aliphatic carbocycles. The normalized spacial score (nSPS) is 17.9. The van der Waals surface area contributed by atoms with E-state index in [0.717, 1.165) is 0 Å². The van der Waals surface area contributed by atoms with E-state index in [4.69, 9.17) is 0 Å². The van der Waals surface area contributed by atoms with Gasteiger partial charge in [-0.15, -0.1) is 0 Å². The Morgan fingerprint density at radius 3 is 0.770 bits per heavy atom. The van der Waals surface area contributed by atoms with Crippen LogP contribution in [0.15, 0.2) is 291 Å². The van der Waals surface area contributed by atoms with Crippen molar-refractivity contribution in [3.05, 3.63) is 358 Å². The molecule has 0 bridgehead atoms. The summed E-state index contributed by atoms with van der Waals surface area (Å²) in [6.45, 7) is 4.65. The fourth-order valence-electron chi connectivity index (χ4n) is 12.3. The molecule has 0 spiro atoms. The summed E-state index contributed by atoms with van der Waals surface area (Å²) < 4.78 is 0. The Bertz CT molecular complexity index is 3650. The van der Waals surface area contributed by atoms with Crippen molar-refractivity contribution in [2.24, 2.45) is 5.92 Å². The van der Waals surface area contributed by atoms with Gasteiger partial charge in [-0.05, 0) is 119 Å². The molecule has 0 heteroatoms. The van der Waals surface area contributed by atoms with E-state index in [1.54, 1.807) is 0 Å². The monoisotopic (exact) mass is 946 g/mol. The van der Waals surface area contributed by atoms with Gasteiger partial charge in [0.1, 0.15) is 0 Å². The van der Waals surface area contributed by atoms with Crippen LogP contribution in [0.25, 0.3) is 44.6 Å². The number of hydrogen-bond donors (Lipinski definition) is 0. The first kappa shape index (κ1) is 46.2. The van der Waals surface area contributed by atoms with Crippen LogP contribution in [-0.4, -0.2) is 0 Å². The van der Waals surface area contributed by atoms with Crippen LogP contribution in [0.4, 0.5) is 0 Å². The van der Waals surface area contributed by atoms with Crippen LogP contribution in [0, 0.1) is 12.8 Å². The molecule has 0 N–H and O–H groups in total. The molecule has 4 atom stereocenters. The fraction of sp³-hybridized carbons (Fsp3) is 0.0811. The van der Waals surface area contributed by atoms with E-state index in [0.29, 0.717) is 0 Å². The molecule has 0 nitrogen and oxygen atoms in total. The Kier molecular flexibility index (Phi) is 12.9. The summed E-state index contributed by atoms with van der Waals surface area (Å²) in [4.78, 5) is 0. The average molecular weight is 947 g/mol. The molecule has 0 aliphatic heterocycles. The first-order valence-electron chi connectivity index (χ1n) is 26.2. The van der Waals surface area contributed by atoms with Gasteiger partial charge in [-0.3, -0.25) is 0 Å². The lowest BCUT2D eigenvalue weighted by atomic mass is 9.61. The van der Waals surface area contributed by atoms with Crippen molar-refractivity contribution in [1.82, 2.24) is 0 Å². The summed E-state index contributed by atoms with van der Waals surface area (Å²) in [6.07, 6.45) is 0. The molecule has 0 saturated heterocycles. The average Bonchev–Trinajstić information content (AvgIpc) is 3.49. The molecular formula is C74H58. The summed E-state index contributed by atoms with van der Waals surface area (Å²) in [5, 5.41) is 0. The molecule has 4 unspecified atom stereocenters. The number of hydrogen-bond acceptors (Lipinski definition) is 0. The first-order valence-corrected chi connectivity index (χ1v) is 26.2. The molecule has 0 aromatic heterocycles. The predicted octanol–water partition coefficient (Wildman–Crippen LogP) is 19.1. The third-order valence-corrected chi connectivity index (χ3v) is 15.5. The maximum Gasteiger partial charge on any atom is 0.0211 e. The quantitative estimate of drug-likeness (QED) is 0.121. The van der Waals surface area contributed by atoms with E-state index in [2.05, 4.69) is 305 Å². The molecule has 10 aromatic carbocycles. The molecule has 10 aromatic rings. The van der Waals surface area contributed by atoms with Crippen LogP contribution in [-0.2, 0) is 0 Å². The third kappa shape index (κ3) is 8.73. The minimum atomic E-state index is -0.0467. The summed E-state index contributed by atoms with van der Waals surface area (Å²) in [7, 11) is 0. The molecule has 0 saturated carbocycles. The van der Waals surface area contributed by atoms with Crippen LogP contribution in [0.3, 0.4) is 0 Å². The van der Waals surface area contributed by atoms with Gasteiger partial charge in [0.15, 0.2) is 0 Å². The fourth-order valence-corrected chi connectivity index (χ4v) is 12.3. The smallest absolute Gasteiger partial charge is 0.0211 e. The number of allylic oxidation sites excluding steroid dienone is 8. The van der Waals surface area contributed by atoms with Gasteiger partial charge in [0.2, 0.25) is 0 Å². The Morgan fingerprint density at radius 1 is 0.203 bits per heavy atom. The first-order chi connectivity index (χ1) is 36.6. The lowest BCUT2D eigenvalue weighted by molar-refractivity contribution is 0.671. The molecule has 12 rings (SSSR count). The Balaban J connectivity index is 1.19. The van der Waals surface area contributed by atoms with Crippen LogP contribution in [0.5, 0.6) is 0 Å².